The van der Waals surface area contributed by atoms with E-state index >= 15 is 0 Å². The normalized spacial score (nSPS) is 10.2. The van der Waals surface area contributed by atoms with Crippen LogP contribution in [0, 0.1) is 0 Å². The molecular formula is C14H14N2O2. The zero-order valence-electron chi connectivity index (χ0n) is 9.91. The summed E-state index contributed by atoms with van der Waals surface area (Å²) in [5.74, 6) is -0.765. The Hall–Kier alpha value is -2.23. The van der Waals surface area contributed by atoms with Crippen molar-refractivity contribution in [2.45, 2.75) is 19.3 Å². The number of aromatic nitrogens is 2. The first-order valence-electron chi connectivity index (χ1n) is 5.84. The van der Waals surface area contributed by atoms with Gasteiger partial charge in [-0.3, -0.25) is 14.8 Å². The Balaban J connectivity index is 2.18. The summed E-state index contributed by atoms with van der Waals surface area (Å²) in [4.78, 5) is 19.1. The summed E-state index contributed by atoms with van der Waals surface area (Å²) in [6, 6.07) is 9.51. The number of carboxylic acid groups (broad SMARTS) is 1. The Morgan fingerprint density at radius 2 is 1.94 bits per heavy atom. The lowest BCUT2D eigenvalue weighted by atomic mass is 10.0. The maximum atomic E-state index is 10.5. The molecule has 0 aromatic carbocycles. The highest BCUT2D eigenvalue weighted by molar-refractivity contribution is 5.66. The summed E-state index contributed by atoms with van der Waals surface area (Å²) in [6.45, 7) is 0. The maximum Gasteiger partial charge on any atom is 0.303 e. The first-order valence-corrected chi connectivity index (χ1v) is 5.84. The van der Waals surface area contributed by atoms with E-state index in [2.05, 4.69) is 9.97 Å². The Bertz CT molecular complexity index is 526. The molecule has 0 bridgehead atoms. The van der Waals surface area contributed by atoms with Gasteiger partial charge in [-0.1, -0.05) is 12.1 Å². The van der Waals surface area contributed by atoms with Crippen LogP contribution in [0.15, 0.2) is 42.7 Å². The van der Waals surface area contributed by atoms with E-state index in [4.69, 9.17) is 5.11 Å². The number of aliphatic carboxylic acids is 1. The van der Waals surface area contributed by atoms with Gasteiger partial charge in [-0.05, 0) is 36.6 Å². The molecule has 0 aliphatic carbocycles. The Morgan fingerprint density at radius 3 is 2.67 bits per heavy atom. The van der Waals surface area contributed by atoms with Crippen LogP contribution < -0.4 is 0 Å². The van der Waals surface area contributed by atoms with Crippen LogP contribution in [0.25, 0.3) is 11.4 Å². The molecular weight excluding hydrogens is 228 g/mol. The van der Waals surface area contributed by atoms with Crippen LogP contribution in [0.4, 0.5) is 0 Å². The summed E-state index contributed by atoms with van der Waals surface area (Å²) >= 11 is 0. The third-order valence-electron chi connectivity index (χ3n) is 2.64. The van der Waals surface area contributed by atoms with Crippen LogP contribution in [0.5, 0.6) is 0 Å². The maximum absolute atomic E-state index is 10.5. The number of pyridine rings is 2. The minimum atomic E-state index is -0.765. The summed E-state index contributed by atoms with van der Waals surface area (Å²) in [5.41, 5.74) is 2.70. The lowest BCUT2D eigenvalue weighted by Gasteiger charge is -2.06. The number of carbonyl (C=O) groups is 1. The molecule has 4 nitrogen and oxygen atoms in total. The molecule has 2 aromatic rings. The van der Waals surface area contributed by atoms with Crippen LogP contribution >= 0.6 is 0 Å². The summed E-state index contributed by atoms with van der Waals surface area (Å²) in [6.07, 6.45) is 4.94. The standard InChI is InChI=1S/C14H14N2O2/c17-13(18)8-3-5-11-6-4-10-16-14(11)12-7-1-2-9-15-12/h1-2,4,6-7,9-10H,3,5,8H2,(H,17,18). The number of hydrogen-bond acceptors (Lipinski definition) is 3. The van der Waals surface area contributed by atoms with Gasteiger partial charge in [0.2, 0.25) is 0 Å². The first kappa shape index (κ1) is 12.2. The van der Waals surface area contributed by atoms with E-state index < -0.39 is 5.97 Å². The smallest absolute Gasteiger partial charge is 0.303 e. The highest BCUT2D eigenvalue weighted by atomic mass is 16.4. The fraction of sp³-hybridized carbons (Fsp3) is 0.214. The predicted molar refractivity (Wildman–Crippen MR) is 68.0 cm³/mol. The number of nitrogens with zero attached hydrogens (tertiary/aromatic N) is 2. The average molecular weight is 242 g/mol. The van der Waals surface area contributed by atoms with Crippen LogP contribution in [-0.2, 0) is 11.2 Å². The topological polar surface area (TPSA) is 63.1 Å². The first-order chi connectivity index (χ1) is 8.77. The molecule has 1 N–H and O–H groups in total. The fourth-order valence-corrected chi connectivity index (χ4v) is 1.80. The molecule has 2 rings (SSSR count). The van der Waals surface area contributed by atoms with Gasteiger partial charge in [-0.2, -0.15) is 0 Å². The highest BCUT2D eigenvalue weighted by Gasteiger charge is 2.07. The van der Waals surface area contributed by atoms with E-state index in [0.29, 0.717) is 12.8 Å². The molecule has 0 saturated carbocycles. The van der Waals surface area contributed by atoms with Gasteiger partial charge in [0.25, 0.3) is 0 Å². The van der Waals surface area contributed by atoms with E-state index in [0.717, 1.165) is 17.0 Å². The van der Waals surface area contributed by atoms with Crippen molar-refractivity contribution in [1.82, 2.24) is 9.97 Å². The molecule has 0 aliphatic heterocycles. The van der Waals surface area contributed by atoms with Gasteiger partial charge in [-0.15, -0.1) is 0 Å². The lowest BCUT2D eigenvalue weighted by molar-refractivity contribution is -0.137. The molecule has 0 fully saturated rings. The van der Waals surface area contributed by atoms with Crippen LogP contribution in [0.1, 0.15) is 18.4 Å². The summed E-state index contributed by atoms with van der Waals surface area (Å²) in [7, 11) is 0. The van der Waals surface area contributed by atoms with Crippen molar-refractivity contribution in [2.75, 3.05) is 0 Å². The van der Waals surface area contributed by atoms with Gasteiger partial charge in [0.05, 0.1) is 11.4 Å². The molecule has 0 amide bonds. The molecule has 0 unspecified atom stereocenters. The lowest BCUT2D eigenvalue weighted by Crippen LogP contribution is -1.98. The molecule has 0 saturated heterocycles. The Kier molecular flexibility index (Phi) is 4.02. The zero-order valence-corrected chi connectivity index (χ0v) is 9.91. The summed E-state index contributed by atoms with van der Waals surface area (Å²) in [5, 5.41) is 8.65. The zero-order chi connectivity index (χ0) is 12.8. The predicted octanol–water partition coefficient (Wildman–Crippen LogP) is 2.55. The molecule has 0 spiro atoms. The molecule has 0 aliphatic rings. The second kappa shape index (κ2) is 5.91. The van der Waals surface area contributed by atoms with E-state index in [-0.39, 0.29) is 6.42 Å². The van der Waals surface area contributed by atoms with Crippen molar-refractivity contribution < 1.29 is 9.90 Å². The van der Waals surface area contributed by atoms with Crippen molar-refractivity contribution in [3.63, 3.8) is 0 Å². The molecule has 18 heavy (non-hydrogen) atoms. The highest BCUT2D eigenvalue weighted by Crippen LogP contribution is 2.20. The van der Waals surface area contributed by atoms with Crippen molar-refractivity contribution in [2.24, 2.45) is 0 Å². The van der Waals surface area contributed by atoms with Crippen molar-refractivity contribution in [1.29, 1.82) is 0 Å². The molecule has 2 heterocycles. The summed E-state index contributed by atoms with van der Waals surface area (Å²) < 4.78 is 0. The quantitative estimate of drug-likeness (QED) is 0.875. The van der Waals surface area contributed by atoms with Crippen molar-refractivity contribution >= 4 is 5.97 Å². The molecule has 4 heteroatoms. The number of hydrogen-bond donors (Lipinski definition) is 1. The molecule has 0 atom stereocenters. The third kappa shape index (κ3) is 3.13. The fourth-order valence-electron chi connectivity index (χ4n) is 1.80. The van der Waals surface area contributed by atoms with Crippen LogP contribution in [-0.4, -0.2) is 21.0 Å². The van der Waals surface area contributed by atoms with E-state index in [1.807, 2.05) is 30.3 Å². The van der Waals surface area contributed by atoms with Gasteiger partial charge in [0, 0.05) is 18.8 Å². The van der Waals surface area contributed by atoms with E-state index in [1.54, 1.807) is 12.4 Å². The monoisotopic (exact) mass is 242 g/mol. The second-order valence-electron chi connectivity index (χ2n) is 3.97. The largest absolute Gasteiger partial charge is 0.481 e. The number of rotatable bonds is 5. The second-order valence-corrected chi connectivity index (χ2v) is 3.97. The number of carboxylic acids is 1. The van der Waals surface area contributed by atoms with Gasteiger partial charge < -0.3 is 5.11 Å². The molecule has 92 valence electrons. The SMILES string of the molecule is O=C(O)CCCc1cccnc1-c1ccccn1. The van der Waals surface area contributed by atoms with Crippen LogP contribution in [0.2, 0.25) is 0 Å². The van der Waals surface area contributed by atoms with Crippen LogP contribution in [0.3, 0.4) is 0 Å². The van der Waals surface area contributed by atoms with E-state index in [1.165, 1.54) is 0 Å². The third-order valence-corrected chi connectivity index (χ3v) is 2.64. The minimum absolute atomic E-state index is 0.177. The Labute approximate surface area is 105 Å². The Morgan fingerprint density at radius 1 is 1.11 bits per heavy atom. The van der Waals surface area contributed by atoms with Gasteiger partial charge >= 0.3 is 5.97 Å². The average Bonchev–Trinajstić information content (AvgIpc) is 2.40. The molecule has 2 aromatic heterocycles. The molecule has 0 radical (unpaired) electrons. The van der Waals surface area contributed by atoms with Gasteiger partial charge in [0.1, 0.15) is 0 Å². The van der Waals surface area contributed by atoms with Gasteiger partial charge in [0.15, 0.2) is 0 Å². The van der Waals surface area contributed by atoms with Crippen molar-refractivity contribution in [3.8, 4) is 11.4 Å². The van der Waals surface area contributed by atoms with Crippen molar-refractivity contribution in [3.05, 3.63) is 48.3 Å². The minimum Gasteiger partial charge on any atom is -0.481 e. The van der Waals surface area contributed by atoms with Gasteiger partial charge in [-0.25, -0.2) is 0 Å². The van der Waals surface area contributed by atoms with E-state index in [9.17, 15) is 4.79 Å². The number of aryl methyl sites for hydroxylation is 1.